The van der Waals surface area contributed by atoms with Crippen LogP contribution < -0.4 is 11.5 Å². The van der Waals surface area contributed by atoms with Crippen molar-refractivity contribution in [3.63, 3.8) is 0 Å². The third-order valence-corrected chi connectivity index (χ3v) is 4.73. The first-order valence-corrected chi connectivity index (χ1v) is 8.64. The Labute approximate surface area is 158 Å². The van der Waals surface area contributed by atoms with Crippen LogP contribution in [0.15, 0.2) is 36.0 Å². The van der Waals surface area contributed by atoms with Crippen molar-refractivity contribution in [2.75, 3.05) is 0 Å². The second kappa shape index (κ2) is 6.98. The largest absolute Gasteiger partial charge is 0.369 e. The summed E-state index contributed by atoms with van der Waals surface area (Å²) in [5, 5.41) is 11.8. The summed E-state index contributed by atoms with van der Waals surface area (Å²) >= 11 is 0. The number of carbonyl (C=O) groups excluding carboxylic acids is 2. The molecule has 0 saturated carbocycles. The first-order valence-electron chi connectivity index (χ1n) is 8.64. The lowest BCUT2D eigenvalue weighted by Crippen LogP contribution is -2.40. The molecule has 27 heavy (non-hydrogen) atoms. The fourth-order valence-corrected chi connectivity index (χ4v) is 3.59. The van der Waals surface area contributed by atoms with E-state index in [9.17, 15) is 19.7 Å². The lowest BCUT2D eigenvalue weighted by atomic mass is 9.68. The van der Waals surface area contributed by atoms with Crippen LogP contribution in [-0.4, -0.2) is 16.7 Å². The molecule has 144 valence electrons. The van der Waals surface area contributed by atoms with E-state index in [1.165, 1.54) is 0 Å². The first kappa shape index (κ1) is 20.4. The summed E-state index contributed by atoms with van der Waals surface area (Å²) in [7, 11) is 0. The Bertz CT molecular complexity index is 878. The Kier molecular flexibility index (Phi) is 5.26. The van der Waals surface area contributed by atoms with Crippen LogP contribution in [0.5, 0.6) is 0 Å². The van der Waals surface area contributed by atoms with Gasteiger partial charge in [0.15, 0.2) is 0 Å². The van der Waals surface area contributed by atoms with E-state index in [0.29, 0.717) is 17.6 Å². The molecule has 0 spiro atoms. The third-order valence-electron chi connectivity index (χ3n) is 4.73. The Morgan fingerprint density at radius 3 is 2.37 bits per heavy atom. The zero-order chi connectivity index (χ0) is 20.6. The molecule has 0 heterocycles. The minimum Gasteiger partial charge on any atom is -0.369 e. The molecule has 0 fully saturated rings. The summed E-state index contributed by atoms with van der Waals surface area (Å²) in [5.41, 5.74) is 11.5. The van der Waals surface area contributed by atoms with Crippen molar-refractivity contribution in [2.24, 2.45) is 22.3 Å². The molecule has 2 rings (SSSR count). The lowest BCUT2D eigenvalue weighted by molar-refractivity contribution is -0.428. The van der Waals surface area contributed by atoms with E-state index in [1.54, 1.807) is 37.3 Å². The standard InChI is InChI=1S/C20H25N3O4/c1-12-5-6-13(17(21)24)9-15(12)14-7-8-20(18(22)25,11-19(2,3)4)10-16(14)23(26)27/h5-9H,10-11H2,1-4H3,(H2,21,24)(H2,22,25). The smallest absolute Gasteiger partial charge is 0.255 e. The molecule has 1 unspecified atom stereocenters. The van der Waals surface area contributed by atoms with Crippen LogP contribution in [0.4, 0.5) is 0 Å². The highest BCUT2D eigenvalue weighted by atomic mass is 16.6. The number of carbonyl (C=O) groups is 2. The summed E-state index contributed by atoms with van der Waals surface area (Å²) in [6, 6.07) is 4.81. The number of primary amides is 2. The van der Waals surface area contributed by atoms with E-state index in [-0.39, 0.29) is 23.1 Å². The van der Waals surface area contributed by atoms with E-state index in [2.05, 4.69) is 0 Å². The van der Waals surface area contributed by atoms with Gasteiger partial charge in [0.1, 0.15) is 0 Å². The Balaban J connectivity index is 2.63. The van der Waals surface area contributed by atoms with Crippen molar-refractivity contribution in [3.05, 3.63) is 62.9 Å². The molecule has 4 N–H and O–H groups in total. The third kappa shape index (κ3) is 4.24. The van der Waals surface area contributed by atoms with Gasteiger partial charge in [0.2, 0.25) is 11.8 Å². The Morgan fingerprint density at radius 2 is 1.89 bits per heavy atom. The number of allylic oxidation sites excluding steroid dienone is 3. The normalized spacial score (nSPS) is 19.9. The second-order valence-electron chi connectivity index (χ2n) is 8.28. The topological polar surface area (TPSA) is 129 Å². The molecule has 2 amide bonds. The van der Waals surface area contributed by atoms with Crippen molar-refractivity contribution in [1.82, 2.24) is 0 Å². The van der Waals surface area contributed by atoms with Gasteiger partial charge < -0.3 is 11.5 Å². The van der Waals surface area contributed by atoms with Gasteiger partial charge >= 0.3 is 0 Å². The molecule has 0 aliphatic heterocycles. The summed E-state index contributed by atoms with van der Waals surface area (Å²) in [6.45, 7) is 7.66. The summed E-state index contributed by atoms with van der Waals surface area (Å²) in [5.74, 6) is -1.20. The van der Waals surface area contributed by atoms with Gasteiger partial charge in [0.25, 0.3) is 5.70 Å². The van der Waals surface area contributed by atoms with Crippen LogP contribution in [-0.2, 0) is 4.79 Å². The average molecular weight is 371 g/mol. The highest BCUT2D eigenvalue weighted by molar-refractivity contribution is 5.95. The summed E-state index contributed by atoms with van der Waals surface area (Å²) in [6.07, 6.45) is 3.53. The van der Waals surface area contributed by atoms with E-state index in [1.807, 2.05) is 20.8 Å². The molecule has 1 atom stereocenters. The van der Waals surface area contributed by atoms with E-state index < -0.39 is 22.2 Å². The van der Waals surface area contributed by atoms with E-state index >= 15 is 0 Å². The first-order chi connectivity index (χ1) is 12.4. The van der Waals surface area contributed by atoms with Crippen molar-refractivity contribution in [1.29, 1.82) is 0 Å². The summed E-state index contributed by atoms with van der Waals surface area (Å²) < 4.78 is 0. The molecule has 7 nitrogen and oxygen atoms in total. The van der Waals surface area contributed by atoms with Gasteiger partial charge in [-0.2, -0.15) is 0 Å². The van der Waals surface area contributed by atoms with E-state index in [4.69, 9.17) is 11.5 Å². The number of hydrogen-bond donors (Lipinski definition) is 2. The van der Waals surface area contributed by atoms with Crippen molar-refractivity contribution < 1.29 is 14.5 Å². The molecule has 1 aromatic rings. The fraction of sp³-hybridized carbons (Fsp3) is 0.400. The van der Waals surface area contributed by atoms with Gasteiger partial charge in [-0.3, -0.25) is 19.7 Å². The van der Waals surface area contributed by atoms with Gasteiger partial charge in [0, 0.05) is 5.56 Å². The predicted molar refractivity (Wildman–Crippen MR) is 103 cm³/mol. The molecule has 0 saturated heterocycles. The second-order valence-corrected chi connectivity index (χ2v) is 8.28. The number of nitro groups is 1. The maximum atomic E-state index is 12.2. The zero-order valence-electron chi connectivity index (χ0n) is 16.0. The van der Waals surface area contributed by atoms with E-state index in [0.717, 1.165) is 5.56 Å². The number of benzene rings is 1. The summed E-state index contributed by atoms with van der Waals surface area (Å²) in [4.78, 5) is 35.1. The number of rotatable bonds is 5. The van der Waals surface area contributed by atoms with Crippen LogP contribution in [0.25, 0.3) is 5.57 Å². The molecule has 7 heteroatoms. The van der Waals surface area contributed by atoms with Gasteiger partial charge in [-0.1, -0.05) is 39.0 Å². The van der Waals surface area contributed by atoms with Gasteiger partial charge in [-0.25, -0.2) is 0 Å². The number of amides is 2. The maximum absolute atomic E-state index is 12.2. The average Bonchev–Trinajstić information content (AvgIpc) is 2.53. The van der Waals surface area contributed by atoms with Gasteiger partial charge in [-0.15, -0.1) is 0 Å². The Morgan fingerprint density at radius 1 is 1.26 bits per heavy atom. The van der Waals surface area contributed by atoms with Crippen LogP contribution in [0.3, 0.4) is 0 Å². The van der Waals surface area contributed by atoms with Crippen LogP contribution in [0.2, 0.25) is 0 Å². The zero-order valence-corrected chi connectivity index (χ0v) is 16.0. The fourth-order valence-electron chi connectivity index (χ4n) is 3.59. The minimum absolute atomic E-state index is 0.0923. The highest BCUT2D eigenvalue weighted by Crippen LogP contribution is 2.45. The molecule has 0 bridgehead atoms. The lowest BCUT2D eigenvalue weighted by Gasteiger charge is -2.35. The molecule has 1 aromatic carbocycles. The predicted octanol–water partition coefficient (Wildman–Crippen LogP) is 2.95. The van der Waals surface area contributed by atoms with Crippen LogP contribution in [0, 0.1) is 27.9 Å². The van der Waals surface area contributed by atoms with Crippen molar-refractivity contribution in [2.45, 2.75) is 40.5 Å². The molecule has 0 aromatic heterocycles. The number of hydrogen-bond acceptors (Lipinski definition) is 4. The van der Waals surface area contributed by atoms with Crippen molar-refractivity contribution in [3.8, 4) is 0 Å². The minimum atomic E-state index is -1.13. The highest BCUT2D eigenvalue weighted by Gasteiger charge is 2.44. The van der Waals surface area contributed by atoms with Crippen LogP contribution in [0.1, 0.15) is 55.1 Å². The molecule has 1 aliphatic rings. The maximum Gasteiger partial charge on any atom is 0.255 e. The quantitative estimate of drug-likeness (QED) is 0.609. The number of nitrogens with two attached hydrogens (primary N) is 2. The molecular weight excluding hydrogens is 346 g/mol. The van der Waals surface area contributed by atoms with Crippen molar-refractivity contribution >= 4 is 17.4 Å². The Hall–Kier alpha value is -2.96. The van der Waals surface area contributed by atoms with Crippen LogP contribution >= 0.6 is 0 Å². The number of nitrogens with zero attached hydrogens (tertiary/aromatic N) is 1. The SMILES string of the molecule is Cc1ccc(C(N)=O)cc1C1=C([N+](=O)[O-])CC(CC(C)(C)C)(C(N)=O)C=C1. The monoisotopic (exact) mass is 371 g/mol. The molecule has 1 aliphatic carbocycles. The van der Waals surface area contributed by atoms with Gasteiger partial charge in [0.05, 0.1) is 22.3 Å². The molecular formula is C20H25N3O4. The number of aryl methyl sites for hydroxylation is 1. The van der Waals surface area contributed by atoms with Gasteiger partial charge in [-0.05, 0) is 42.0 Å². The molecule has 0 radical (unpaired) electrons.